The molecule has 0 amide bonds. The summed E-state index contributed by atoms with van der Waals surface area (Å²) < 4.78 is 0. The number of para-hydroxylation sites is 1. The van der Waals surface area contributed by atoms with Crippen molar-refractivity contribution in [2.45, 2.75) is 16.6 Å². The zero-order valence-corrected chi connectivity index (χ0v) is 15.7. The summed E-state index contributed by atoms with van der Waals surface area (Å²) in [7, 11) is 0. The molecule has 0 saturated heterocycles. The molecule has 0 spiro atoms. The van der Waals surface area contributed by atoms with Crippen LogP contribution in [0.15, 0.2) is 82.7 Å². The standard InChI is InChI=1S/C21H15Cl2NS/c22-15-9-6-10-16(23)21(15)20-13-18(14-7-2-1-3-8-14)24-17-11-4-5-12-19(17)25-20/h1-12,20H,13H2/t20-/m1/s1. The fraction of sp³-hybridized carbons (Fsp3) is 0.0952. The molecule has 1 aliphatic heterocycles. The molecule has 0 N–H and O–H groups in total. The van der Waals surface area contributed by atoms with E-state index >= 15 is 0 Å². The van der Waals surface area contributed by atoms with Crippen LogP contribution >= 0.6 is 35.0 Å². The second kappa shape index (κ2) is 7.25. The molecule has 4 rings (SSSR count). The van der Waals surface area contributed by atoms with Crippen LogP contribution in [0.5, 0.6) is 0 Å². The van der Waals surface area contributed by atoms with Crippen LogP contribution in [-0.2, 0) is 0 Å². The van der Waals surface area contributed by atoms with Gasteiger partial charge in [-0.2, -0.15) is 0 Å². The van der Waals surface area contributed by atoms with E-state index in [9.17, 15) is 0 Å². The van der Waals surface area contributed by atoms with Crippen molar-refractivity contribution in [3.63, 3.8) is 0 Å². The smallest absolute Gasteiger partial charge is 0.0769 e. The van der Waals surface area contributed by atoms with Crippen molar-refractivity contribution in [1.29, 1.82) is 0 Å². The molecule has 0 unspecified atom stereocenters. The van der Waals surface area contributed by atoms with Crippen LogP contribution in [0.25, 0.3) is 0 Å². The maximum absolute atomic E-state index is 6.50. The Labute approximate surface area is 161 Å². The molecule has 1 aliphatic rings. The third kappa shape index (κ3) is 3.48. The van der Waals surface area contributed by atoms with Crippen LogP contribution < -0.4 is 0 Å². The summed E-state index contributed by atoms with van der Waals surface area (Å²) >= 11 is 14.8. The molecular formula is C21H15Cl2NS. The van der Waals surface area contributed by atoms with Gasteiger partial charge in [-0.1, -0.05) is 71.7 Å². The van der Waals surface area contributed by atoms with E-state index in [4.69, 9.17) is 28.2 Å². The molecule has 0 saturated carbocycles. The quantitative estimate of drug-likeness (QED) is 0.450. The van der Waals surface area contributed by atoms with Gasteiger partial charge in [0.05, 0.1) is 5.69 Å². The van der Waals surface area contributed by atoms with Gasteiger partial charge in [0.15, 0.2) is 0 Å². The van der Waals surface area contributed by atoms with Crippen molar-refractivity contribution in [2.24, 2.45) is 4.99 Å². The zero-order chi connectivity index (χ0) is 17.2. The number of halogens is 2. The Morgan fingerprint density at radius 2 is 1.48 bits per heavy atom. The van der Waals surface area contributed by atoms with Crippen LogP contribution in [0.2, 0.25) is 10.0 Å². The van der Waals surface area contributed by atoms with Crippen molar-refractivity contribution < 1.29 is 0 Å². The van der Waals surface area contributed by atoms with Gasteiger partial charge in [-0.15, -0.1) is 11.8 Å². The highest BCUT2D eigenvalue weighted by atomic mass is 35.5. The highest BCUT2D eigenvalue weighted by Gasteiger charge is 2.25. The van der Waals surface area contributed by atoms with Gasteiger partial charge < -0.3 is 0 Å². The fourth-order valence-electron chi connectivity index (χ4n) is 3.00. The first-order valence-corrected chi connectivity index (χ1v) is 9.68. The average molecular weight is 384 g/mol. The van der Waals surface area contributed by atoms with E-state index in [1.807, 2.05) is 48.5 Å². The Kier molecular flexibility index (Phi) is 4.85. The molecule has 1 nitrogen and oxygen atoms in total. The summed E-state index contributed by atoms with van der Waals surface area (Å²) in [5.74, 6) is 0. The van der Waals surface area contributed by atoms with Crippen molar-refractivity contribution >= 4 is 46.4 Å². The lowest BCUT2D eigenvalue weighted by Crippen LogP contribution is -2.06. The Morgan fingerprint density at radius 1 is 0.800 bits per heavy atom. The number of benzene rings is 3. The van der Waals surface area contributed by atoms with Crippen molar-refractivity contribution in [3.8, 4) is 0 Å². The fourth-order valence-corrected chi connectivity index (χ4v) is 5.10. The number of rotatable bonds is 2. The van der Waals surface area contributed by atoms with Gasteiger partial charge >= 0.3 is 0 Å². The minimum Gasteiger partial charge on any atom is -0.252 e. The van der Waals surface area contributed by atoms with E-state index in [-0.39, 0.29) is 5.25 Å². The third-order valence-corrected chi connectivity index (χ3v) is 6.14. The van der Waals surface area contributed by atoms with Gasteiger partial charge in [0.1, 0.15) is 0 Å². The average Bonchev–Trinajstić information content (AvgIpc) is 2.82. The first-order chi connectivity index (χ1) is 12.2. The monoisotopic (exact) mass is 383 g/mol. The Hall–Kier alpha value is -1.74. The number of aliphatic imine (C=N–C) groups is 1. The molecule has 0 fully saturated rings. The first-order valence-electron chi connectivity index (χ1n) is 8.05. The summed E-state index contributed by atoms with van der Waals surface area (Å²) in [4.78, 5) is 6.10. The van der Waals surface area contributed by atoms with Gasteiger partial charge in [-0.05, 0) is 29.8 Å². The molecule has 1 heterocycles. The first kappa shape index (κ1) is 16.7. The molecule has 0 radical (unpaired) electrons. The predicted molar refractivity (Wildman–Crippen MR) is 109 cm³/mol. The van der Waals surface area contributed by atoms with E-state index in [0.29, 0.717) is 10.0 Å². The van der Waals surface area contributed by atoms with Crippen molar-refractivity contribution in [1.82, 2.24) is 0 Å². The maximum atomic E-state index is 6.50. The zero-order valence-electron chi connectivity index (χ0n) is 13.3. The molecule has 0 bridgehead atoms. The van der Waals surface area contributed by atoms with Crippen LogP contribution in [0, 0.1) is 0 Å². The van der Waals surface area contributed by atoms with Crippen LogP contribution in [-0.4, -0.2) is 5.71 Å². The second-order valence-corrected chi connectivity index (χ2v) is 7.90. The van der Waals surface area contributed by atoms with E-state index < -0.39 is 0 Å². The van der Waals surface area contributed by atoms with E-state index in [0.717, 1.165) is 33.8 Å². The lowest BCUT2D eigenvalue weighted by atomic mass is 10.0. The molecule has 0 aliphatic carbocycles. The number of fused-ring (bicyclic) bond motifs is 1. The van der Waals surface area contributed by atoms with Crippen molar-refractivity contribution in [2.75, 3.05) is 0 Å². The third-order valence-electron chi connectivity index (χ3n) is 4.20. The number of thioether (sulfide) groups is 1. The lowest BCUT2D eigenvalue weighted by Gasteiger charge is -2.19. The number of hydrogen-bond donors (Lipinski definition) is 0. The molecule has 3 aromatic carbocycles. The van der Waals surface area contributed by atoms with Gasteiger partial charge in [0.25, 0.3) is 0 Å². The normalized spacial score (nSPS) is 16.7. The van der Waals surface area contributed by atoms with Crippen LogP contribution in [0.3, 0.4) is 0 Å². The van der Waals surface area contributed by atoms with E-state index in [1.54, 1.807) is 11.8 Å². The highest BCUT2D eigenvalue weighted by Crippen LogP contribution is 2.48. The molecule has 25 heavy (non-hydrogen) atoms. The van der Waals surface area contributed by atoms with E-state index in [2.05, 4.69) is 24.3 Å². The summed E-state index contributed by atoms with van der Waals surface area (Å²) in [6.45, 7) is 0. The second-order valence-electron chi connectivity index (χ2n) is 5.84. The summed E-state index contributed by atoms with van der Waals surface area (Å²) in [6.07, 6.45) is 0.771. The summed E-state index contributed by atoms with van der Waals surface area (Å²) in [6, 6.07) is 24.2. The van der Waals surface area contributed by atoms with Crippen LogP contribution in [0.4, 0.5) is 5.69 Å². The van der Waals surface area contributed by atoms with Crippen molar-refractivity contribution in [3.05, 3.63) is 94.0 Å². The molecular weight excluding hydrogens is 369 g/mol. The largest absolute Gasteiger partial charge is 0.252 e. The van der Waals surface area contributed by atoms with Gasteiger partial charge in [0.2, 0.25) is 0 Å². The van der Waals surface area contributed by atoms with Gasteiger partial charge in [-0.3, -0.25) is 4.99 Å². The topological polar surface area (TPSA) is 12.4 Å². The Balaban J connectivity index is 1.85. The van der Waals surface area contributed by atoms with E-state index in [1.165, 1.54) is 0 Å². The Morgan fingerprint density at radius 3 is 2.24 bits per heavy atom. The minimum atomic E-state index is 0.115. The predicted octanol–water partition coefficient (Wildman–Crippen LogP) is 7.35. The minimum absolute atomic E-state index is 0.115. The molecule has 124 valence electrons. The maximum Gasteiger partial charge on any atom is 0.0769 e. The van der Waals surface area contributed by atoms with Gasteiger partial charge in [0, 0.05) is 37.9 Å². The SMILES string of the molecule is Clc1cccc(Cl)c1[C@H]1CC(c2ccccc2)=Nc2ccccc2S1. The number of nitrogens with zero attached hydrogens (tertiary/aromatic N) is 1. The summed E-state index contributed by atoms with van der Waals surface area (Å²) in [5.41, 5.74) is 4.17. The molecule has 4 heteroatoms. The lowest BCUT2D eigenvalue weighted by molar-refractivity contribution is 1.01. The van der Waals surface area contributed by atoms with Gasteiger partial charge in [-0.25, -0.2) is 0 Å². The Bertz CT molecular complexity index is 917. The molecule has 0 aromatic heterocycles. The highest BCUT2D eigenvalue weighted by molar-refractivity contribution is 7.99. The molecule has 1 atom stereocenters. The van der Waals surface area contributed by atoms with Crippen LogP contribution in [0.1, 0.15) is 22.8 Å². The molecule has 3 aromatic rings. The summed E-state index contributed by atoms with van der Waals surface area (Å²) in [5, 5.41) is 1.53. The number of hydrogen-bond acceptors (Lipinski definition) is 2.